The number of ketones is 1. The number of hydrogen-bond acceptors (Lipinski definition) is 2. The number of rotatable bonds is 2. The van der Waals surface area contributed by atoms with E-state index in [2.05, 4.69) is 16.8 Å². The van der Waals surface area contributed by atoms with Crippen molar-refractivity contribution in [3.8, 4) is 0 Å². The predicted octanol–water partition coefficient (Wildman–Crippen LogP) is 1.65. The molecule has 0 fully saturated rings. The highest BCUT2D eigenvalue weighted by Gasteiger charge is 2.03. The van der Waals surface area contributed by atoms with Crippen molar-refractivity contribution in [1.29, 1.82) is 0 Å². The van der Waals surface area contributed by atoms with Gasteiger partial charge >= 0.3 is 0 Å². The Bertz CT molecular complexity index is 270. The fourth-order valence-electron chi connectivity index (χ4n) is 0.721. The van der Waals surface area contributed by atoms with E-state index >= 15 is 0 Å². The lowest BCUT2D eigenvalue weighted by molar-refractivity contribution is 0.101. The van der Waals surface area contributed by atoms with Crippen LogP contribution < -0.4 is 0 Å². The summed E-state index contributed by atoms with van der Waals surface area (Å²) < 4.78 is 0. The van der Waals surface area contributed by atoms with Gasteiger partial charge in [0.2, 0.25) is 0 Å². The molecule has 0 saturated heterocycles. The molecule has 11 heavy (non-hydrogen) atoms. The number of H-pyrrole nitrogens is 1. The van der Waals surface area contributed by atoms with E-state index in [1.165, 1.54) is 6.92 Å². The van der Waals surface area contributed by atoms with E-state index in [-0.39, 0.29) is 5.78 Å². The van der Waals surface area contributed by atoms with Gasteiger partial charge in [-0.2, -0.15) is 5.10 Å². The highest BCUT2D eigenvalue weighted by Crippen LogP contribution is 2.08. The summed E-state index contributed by atoms with van der Waals surface area (Å²) in [5.74, 6) is -0.00926. The van der Waals surface area contributed by atoms with Gasteiger partial charge in [0.1, 0.15) is 5.69 Å². The quantitative estimate of drug-likeness (QED) is 0.651. The van der Waals surface area contributed by atoms with Gasteiger partial charge in [-0.1, -0.05) is 6.58 Å². The van der Waals surface area contributed by atoms with Crippen molar-refractivity contribution in [3.63, 3.8) is 0 Å². The lowest BCUT2D eigenvalue weighted by atomic mass is 10.2. The zero-order valence-electron chi connectivity index (χ0n) is 6.64. The van der Waals surface area contributed by atoms with E-state index in [0.29, 0.717) is 5.69 Å². The van der Waals surface area contributed by atoms with Gasteiger partial charge in [0.05, 0.1) is 5.69 Å². The van der Waals surface area contributed by atoms with E-state index in [1.807, 2.05) is 6.92 Å². The summed E-state index contributed by atoms with van der Waals surface area (Å²) in [6, 6.07) is 1.70. The highest BCUT2D eigenvalue weighted by atomic mass is 16.1. The Balaban J connectivity index is 2.99. The molecule has 0 radical (unpaired) electrons. The lowest BCUT2D eigenvalue weighted by Gasteiger charge is -1.85. The van der Waals surface area contributed by atoms with Crippen molar-refractivity contribution in [3.05, 3.63) is 24.0 Å². The number of aromatic nitrogens is 2. The topological polar surface area (TPSA) is 45.8 Å². The third kappa shape index (κ3) is 1.55. The maximum atomic E-state index is 10.8. The maximum Gasteiger partial charge on any atom is 0.177 e. The molecule has 3 heteroatoms. The number of Topliss-reactive ketones (excluding diaryl/α,β-unsaturated/α-hetero) is 1. The fraction of sp³-hybridized carbons (Fsp3) is 0.250. The fourth-order valence-corrected chi connectivity index (χ4v) is 0.721. The molecule has 58 valence electrons. The third-order valence-corrected chi connectivity index (χ3v) is 1.39. The second kappa shape index (κ2) is 2.70. The third-order valence-electron chi connectivity index (χ3n) is 1.39. The Kier molecular flexibility index (Phi) is 1.89. The molecule has 0 bridgehead atoms. The number of hydrogen-bond donors (Lipinski definition) is 1. The molecule has 0 aliphatic carbocycles. The first-order chi connectivity index (χ1) is 5.11. The number of nitrogens with one attached hydrogen (secondary N) is 1. The van der Waals surface area contributed by atoms with Crippen molar-refractivity contribution in [2.24, 2.45) is 0 Å². The van der Waals surface area contributed by atoms with Crippen molar-refractivity contribution in [2.75, 3.05) is 0 Å². The van der Waals surface area contributed by atoms with Gasteiger partial charge in [0.25, 0.3) is 0 Å². The van der Waals surface area contributed by atoms with Gasteiger partial charge in [-0.15, -0.1) is 0 Å². The molecular weight excluding hydrogens is 140 g/mol. The Morgan fingerprint density at radius 2 is 2.27 bits per heavy atom. The van der Waals surface area contributed by atoms with Gasteiger partial charge in [-0.3, -0.25) is 9.89 Å². The van der Waals surface area contributed by atoms with E-state index in [9.17, 15) is 4.79 Å². The largest absolute Gasteiger partial charge is 0.293 e. The van der Waals surface area contributed by atoms with Crippen LogP contribution >= 0.6 is 0 Å². The van der Waals surface area contributed by atoms with E-state index in [0.717, 1.165) is 11.3 Å². The number of allylic oxidation sites excluding steroid dienone is 1. The molecule has 0 amide bonds. The zero-order valence-corrected chi connectivity index (χ0v) is 6.64. The molecule has 0 aliphatic rings. The molecule has 1 heterocycles. The number of nitrogens with zero attached hydrogens (tertiary/aromatic N) is 1. The second-order valence-corrected chi connectivity index (χ2v) is 2.50. The highest BCUT2D eigenvalue weighted by molar-refractivity contribution is 5.92. The Hall–Kier alpha value is -1.38. The van der Waals surface area contributed by atoms with E-state index in [1.54, 1.807) is 6.07 Å². The van der Waals surface area contributed by atoms with E-state index < -0.39 is 0 Å². The monoisotopic (exact) mass is 150 g/mol. The summed E-state index contributed by atoms with van der Waals surface area (Å²) >= 11 is 0. The minimum absolute atomic E-state index is 0.00926. The summed E-state index contributed by atoms with van der Waals surface area (Å²) in [6.07, 6.45) is 0. The van der Waals surface area contributed by atoms with Crippen LogP contribution in [0, 0.1) is 0 Å². The van der Waals surface area contributed by atoms with Crippen LogP contribution in [0.15, 0.2) is 12.6 Å². The number of aromatic amines is 1. The average Bonchev–Trinajstić information content (AvgIpc) is 2.33. The van der Waals surface area contributed by atoms with Crippen LogP contribution in [0.25, 0.3) is 5.57 Å². The summed E-state index contributed by atoms with van der Waals surface area (Å²) in [4.78, 5) is 10.8. The normalized spacial score (nSPS) is 9.64. The van der Waals surface area contributed by atoms with Gasteiger partial charge < -0.3 is 0 Å². The first kappa shape index (κ1) is 7.72. The van der Waals surface area contributed by atoms with Crippen LogP contribution in [0.4, 0.5) is 0 Å². The maximum absolute atomic E-state index is 10.8. The van der Waals surface area contributed by atoms with Gasteiger partial charge in [-0.25, -0.2) is 0 Å². The molecule has 0 atom stereocenters. The Labute approximate surface area is 65.1 Å². The molecule has 1 rings (SSSR count). The SMILES string of the molecule is C=C(C)c1cc(C(C)=O)[nH]n1. The summed E-state index contributed by atoms with van der Waals surface area (Å²) in [6.45, 7) is 7.05. The van der Waals surface area contributed by atoms with Crippen molar-refractivity contribution in [2.45, 2.75) is 13.8 Å². The van der Waals surface area contributed by atoms with Crippen molar-refractivity contribution >= 4 is 11.4 Å². The number of carbonyl (C=O) groups excluding carboxylic acids is 1. The molecular formula is C8H10N2O. The molecule has 0 spiro atoms. The molecule has 0 aromatic carbocycles. The molecule has 1 aromatic rings. The first-order valence-corrected chi connectivity index (χ1v) is 3.33. The Morgan fingerprint density at radius 1 is 1.64 bits per heavy atom. The van der Waals surface area contributed by atoms with Crippen LogP contribution in [0.1, 0.15) is 30.0 Å². The van der Waals surface area contributed by atoms with Gasteiger partial charge in [0.15, 0.2) is 5.78 Å². The van der Waals surface area contributed by atoms with Crippen LogP contribution in [-0.4, -0.2) is 16.0 Å². The van der Waals surface area contributed by atoms with Crippen LogP contribution in [0.3, 0.4) is 0 Å². The second-order valence-electron chi connectivity index (χ2n) is 2.50. The molecule has 3 nitrogen and oxygen atoms in total. The molecule has 0 aliphatic heterocycles. The van der Waals surface area contributed by atoms with Crippen LogP contribution in [0.5, 0.6) is 0 Å². The van der Waals surface area contributed by atoms with E-state index in [4.69, 9.17) is 0 Å². The smallest absolute Gasteiger partial charge is 0.177 e. The standard InChI is InChI=1S/C8H10N2O/c1-5(2)7-4-8(6(3)11)10-9-7/h4H,1H2,2-3H3,(H,9,10). The predicted molar refractivity (Wildman–Crippen MR) is 43.3 cm³/mol. The molecule has 0 unspecified atom stereocenters. The first-order valence-electron chi connectivity index (χ1n) is 3.33. The summed E-state index contributed by atoms with van der Waals surface area (Å²) in [5.41, 5.74) is 2.13. The minimum atomic E-state index is -0.00926. The van der Waals surface area contributed by atoms with Crippen molar-refractivity contribution in [1.82, 2.24) is 10.2 Å². The molecule has 1 N–H and O–H groups in total. The average molecular weight is 150 g/mol. The van der Waals surface area contributed by atoms with Crippen LogP contribution in [0.2, 0.25) is 0 Å². The lowest BCUT2D eigenvalue weighted by Crippen LogP contribution is -1.90. The number of carbonyl (C=O) groups is 1. The molecule has 1 aromatic heterocycles. The van der Waals surface area contributed by atoms with Gasteiger partial charge in [0, 0.05) is 6.92 Å². The van der Waals surface area contributed by atoms with Crippen molar-refractivity contribution < 1.29 is 4.79 Å². The molecule has 0 saturated carbocycles. The Morgan fingerprint density at radius 3 is 2.55 bits per heavy atom. The zero-order chi connectivity index (χ0) is 8.43. The summed E-state index contributed by atoms with van der Waals surface area (Å²) in [7, 11) is 0. The van der Waals surface area contributed by atoms with Gasteiger partial charge in [-0.05, 0) is 18.6 Å². The minimum Gasteiger partial charge on any atom is -0.293 e. The summed E-state index contributed by atoms with van der Waals surface area (Å²) in [5, 5.41) is 6.52. The van der Waals surface area contributed by atoms with Crippen LogP contribution in [-0.2, 0) is 0 Å².